The fourth-order valence-electron chi connectivity index (χ4n) is 3.12. The fraction of sp³-hybridized carbons (Fsp3) is 0.130. The van der Waals surface area contributed by atoms with E-state index in [0.29, 0.717) is 28.0 Å². The molecule has 0 aliphatic carbocycles. The van der Waals surface area contributed by atoms with Crippen molar-refractivity contribution in [1.82, 2.24) is 15.5 Å². The number of amides is 2. The number of hydrogen-bond acceptors (Lipinski definition) is 4. The Morgan fingerprint density at radius 3 is 2.53 bits per heavy atom. The van der Waals surface area contributed by atoms with E-state index in [1.807, 2.05) is 0 Å². The Balaban J connectivity index is 1.35. The smallest absolute Gasteiger partial charge is 0.489 e. The van der Waals surface area contributed by atoms with Crippen LogP contribution >= 0.6 is 0 Å². The van der Waals surface area contributed by atoms with Crippen LogP contribution in [0.25, 0.3) is 10.9 Å². The number of urea groups is 1. The predicted octanol–water partition coefficient (Wildman–Crippen LogP) is 5.50. The molecule has 0 spiro atoms. The average molecular weight is 474 g/mol. The topological polar surface area (TPSA) is 88.3 Å². The van der Waals surface area contributed by atoms with Crippen LogP contribution in [0.4, 0.5) is 28.2 Å². The third-order valence-electron chi connectivity index (χ3n) is 4.67. The van der Waals surface area contributed by atoms with Crippen LogP contribution in [0.15, 0.2) is 66.7 Å². The summed E-state index contributed by atoms with van der Waals surface area (Å²) in [7, 11) is 0. The molecule has 0 bridgehead atoms. The number of aromatic amines is 1. The minimum absolute atomic E-state index is 0.0194. The summed E-state index contributed by atoms with van der Waals surface area (Å²) in [6.07, 6.45) is -4.77. The second kappa shape index (κ2) is 9.69. The predicted molar refractivity (Wildman–Crippen MR) is 116 cm³/mol. The highest BCUT2D eigenvalue weighted by Gasteiger charge is 2.31. The Bertz CT molecular complexity index is 1290. The number of fused-ring (bicyclic) bond motifs is 1. The van der Waals surface area contributed by atoms with Gasteiger partial charge in [0.05, 0.1) is 5.52 Å². The number of aromatic nitrogens is 2. The van der Waals surface area contributed by atoms with Crippen LogP contribution < -0.4 is 20.1 Å². The van der Waals surface area contributed by atoms with Gasteiger partial charge in [-0.3, -0.25) is 10.4 Å². The molecule has 0 aliphatic heterocycles. The first-order chi connectivity index (χ1) is 16.2. The normalized spacial score (nSPS) is 11.3. The first-order valence-corrected chi connectivity index (χ1v) is 10.00. The third-order valence-corrected chi connectivity index (χ3v) is 4.67. The number of halogens is 4. The van der Waals surface area contributed by atoms with Gasteiger partial charge in [-0.25, -0.2) is 9.18 Å². The first-order valence-electron chi connectivity index (χ1n) is 10.00. The summed E-state index contributed by atoms with van der Waals surface area (Å²) < 4.78 is 59.7. The summed E-state index contributed by atoms with van der Waals surface area (Å²) in [6, 6.07) is 15.8. The molecule has 1 heterocycles. The van der Waals surface area contributed by atoms with E-state index in [4.69, 9.17) is 4.74 Å². The van der Waals surface area contributed by atoms with Gasteiger partial charge < -0.3 is 14.8 Å². The van der Waals surface area contributed by atoms with Crippen molar-refractivity contribution in [3.05, 3.63) is 83.7 Å². The largest absolute Gasteiger partial charge is 0.573 e. The number of ether oxygens (including phenoxy) is 2. The van der Waals surface area contributed by atoms with Gasteiger partial charge in [-0.2, -0.15) is 5.10 Å². The van der Waals surface area contributed by atoms with E-state index in [2.05, 4.69) is 25.6 Å². The van der Waals surface area contributed by atoms with E-state index >= 15 is 0 Å². The van der Waals surface area contributed by atoms with Gasteiger partial charge in [0.1, 0.15) is 23.9 Å². The van der Waals surface area contributed by atoms with Gasteiger partial charge in [-0.1, -0.05) is 24.3 Å². The second-order valence-electron chi connectivity index (χ2n) is 7.20. The summed E-state index contributed by atoms with van der Waals surface area (Å²) in [5.41, 5.74) is 1.81. The molecule has 11 heteroatoms. The van der Waals surface area contributed by atoms with Crippen LogP contribution in [0, 0.1) is 5.82 Å². The lowest BCUT2D eigenvalue weighted by Gasteiger charge is -2.11. The molecule has 0 unspecified atom stereocenters. The summed E-state index contributed by atoms with van der Waals surface area (Å²) >= 11 is 0. The van der Waals surface area contributed by atoms with Crippen LogP contribution in [0.3, 0.4) is 0 Å². The monoisotopic (exact) mass is 474 g/mol. The minimum Gasteiger partial charge on any atom is -0.489 e. The SMILES string of the molecule is O=C(NCc1ccc(F)cc1)Nc1n[nH]c2cc(OCc3cccc(OC(F)(F)F)c3)ccc12. The number of rotatable bonds is 7. The van der Waals surface area contributed by atoms with Crippen molar-refractivity contribution in [2.24, 2.45) is 0 Å². The molecule has 2 amide bonds. The maximum absolute atomic E-state index is 13.0. The number of alkyl halides is 3. The van der Waals surface area contributed by atoms with E-state index in [9.17, 15) is 22.4 Å². The van der Waals surface area contributed by atoms with E-state index in [0.717, 1.165) is 5.56 Å². The van der Waals surface area contributed by atoms with E-state index in [-0.39, 0.29) is 24.7 Å². The summed E-state index contributed by atoms with van der Waals surface area (Å²) in [6.45, 7) is 0.229. The van der Waals surface area contributed by atoms with Gasteiger partial charge in [-0.15, -0.1) is 13.2 Å². The van der Waals surface area contributed by atoms with Crippen LogP contribution in [-0.2, 0) is 13.2 Å². The second-order valence-corrected chi connectivity index (χ2v) is 7.20. The third kappa shape index (κ3) is 6.15. The molecule has 0 fully saturated rings. The minimum atomic E-state index is -4.77. The van der Waals surface area contributed by atoms with E-state index < -0.39 is 12.4 Å². The fourth-order valence-corrected chi connectivity index (χ4v) is 3.12. The molecular weight excluding hydrogens is 456 g/mol. The quantitative estimate of drug-likeness (QED) is 0.309. The van der Waals surface area contributed by atoms with Crippen LogP contribution in [-0.4, -0.2) is 22.6 Å². The van der Waals surface area contributed by atoms with Crippen LogP contribution in [0.1, 0.15) is 11.1 Å². The Morgan fingerprint density at radius 1 is 0.971 bits per heavy atom. The molecule has 0 aliphatic rings. The summed E-state index contributed by atoms with van der Waals surface area (Å²) in [5, 5.41) is 12.8. The number of hydrogen-bond donors (Lipinski definition) is 3. The zero-order valence-corrected chi connectivity index (χ0v) is 17.4. The number of anilines is 1. The number of carbonyl (C=O) groups is 1. The van der Waals surface area contributed by atoms with Crippen molar-refractivity contribution in [3.63, 3.8) is 0 Å². The van der Waals surface area contributed by atoms with Crippen LogP contribution in [0.5, 0.6) is 11.5 Å². The van der Waals surface area contributed by atoms with E-state index in [1.165, 1.54) is 30.3 Å². The molecule has 0 radical (unpaired) electrons. The van der Waals surface area contributed by atoms with Crippen molar-refractivity contribution >= 4 is 22.8 Å². The zero-order valence-electron chi connectivity index (χ0n) is 17.4. The average Bonchev–Trinajstić information content (AvgIpc) is 3.18. The Hall–Kier alpha value is -4.28. The highest BCUT2D eigenvalue weighted by molar-refractivity contribution is 5.99. The molecule has 3 N–H and O–H groups in total. The molecule has 0 atom stereocenters. The molecule has 0 saturated heterocycles. The lowest BCUT2D eigenvalue weighted by molar-refractivity contribution is -0.274. The maximum atomic E-state index is 13.0. The number of carbonyl (C=O) groups excluding carboxylic acids is 1. The maximum Gasteiger partial charge on any atom is 0.573 e. The molecule has 34 heavy (non-hydrogen) atoms. The Morgan fingerprint density at radius 2 is 1.76 bits per heavy atom. The van der Waals surface area contributed by atoms with E-state index in [1.54, 1.807) is 36.4 Å². The zero-order chi connectivity index (χ0) is 24.1. The molecule has 3 aromatic carbocycles. The van der Waals surface area contributed by atoms with Gasteiger partial charge in [0.15, 0.2) is 5.82 Å². The number of nitrogens with zero attached hydrogens (tertiary/aromatic N) is 1. The molecule has 7 nitrogen and oxygen atoms in total. The lowest BCUT2D eigenvalue weighted by Crippen LogP contribution is -2.28. The van der Waals surface area contributed by atoms with Gasteiger partial charge in [0.25, 0.3) is 0 Å². The molecule has 4 rings (SSSR count). The van der Waals surface area contributed by atoms with Crippen molar-refractivity contribution in [2.75, 3.05) is 5.32 Å². The number of nitrogens with one attached hydrogen (secondary N) is 3. The molecule has 176 valence electrons. The van der Waals surface area contributed by atoms with Gasteiger partial charge in [0.2, 0.25) is 0 Å². The standard InChI is InChI=1S/C23H18F4N4O3/c24-16-6-4-14(5-7-16)12-28-22(32)29-21-19-9-8-17(11-20(19)30-31-21)33-13-15-2-1-3-18(10-15)34-23(25,26)27/h1-11H,12-13H2,(H3,28,29,30,31,32). The molecule has 4 aromatic rings. The van der Waals surface area contributed by atoms with Crippen LogP contribution in [0.2, 0.25) is 0 Å². The Kier molecular flexibility index (Phi) is 6.53. The van der Waals surface area contributed by atoms with Crippen molar-refractivity contribution in [2.45, 2.75) is 19.5 Å². The van der Waals surface area contributed by atoms with Gasteiger partial charge in [-0.05, 0) is 47.5 Å². The molecule has 1 aromatic heterocycles. The highest BCUT2D eigenvalue weighted by Crippen LogP contribution is 2.27. The summed E-state index contributed by atoms with van der Waals surface area (Å²) in [4.78, 5) is 12.2. The lowest BCUT2D eigenvalue weighted by atomic mass is 10.2. The highest BCUT2D eigenvalue weighted by atomic mass is 19.4. The van der Waals surface area contributed by atoms with Crippen molar-refractivity contribution in [1.29, 1.82) is 0 Å². The molecular formula is C23H18F4N4O3. The first kappa shape index (κ1) is 22.9. The van der Waals surface area contributed by atoms with Gasteiger partial charge in [0, 0.05) is 18.0 Å². The van der Waals surface area contributed by atoms with Gasteiger partial charge >= 0.3 is 12.4 Å². The van der Waals surface area contributed by atoms with Crippen molar-refractivity contribution < 1.29 is 31.8 Å². The number of H-pyrrole nitrogens is 1. The van der Waals surface area contributed by atoms with Crippen molar-refractivity contribution in [3.8, 4) is 11.5 Å². The Labute approximate surface area is 190 Å². The number of benzene rings is 3. The molecule has 0 saturated carbocycles. The summed E-state index contributed by atoms with van der Waals surface area (Å²) in [5.74, 6) is 0.0651.